The van der Waals surface area contributed by atoms with E-state index in [1.165, 1.54) is 10.6 Å². The first-order valence-electron chi connectivity index (χ1n) is 8.51. The van der Waals surface area contributed by atoms with Crippen LogP contribution in [0.15, 0.2) is 24.3 Å². The highest BCUT2D eigenvalue weighted by Crippen LogP contribution is 2.25. The Hall–Kier alpha value is -1.93. The zero-order chi connectivity index (χ0) is 18.0. The second-order valence-corrected chi connectivity index (χ2v) is 8.63. The first-order valence-corrected chi connectivity index (χ1v) is 10.4. The molecule has 1 aromatic carbocycles. The van der Waals surface area contributed by atoms with E-state index in [4.69, 9.17) is 0 Å². The fraction of sp³-hybridized carbons (Fsp3) is 0.529. The summed E-state index contributed by atoms with van der Waals surface area (Å²) in [6, 6.07) is 7.22. The third-order valence-electron chi connectivity index (χ3n) is 4.72. The Morgan fingerprint density at radius 2 is 2.04 bits per heavy atom. The van der Waals surface area contributed by atoms with Crippen molar-refractivity contribution in [1.82, 2.24) is 4.31 Å². The lowest BCUT2D eigenvalue weighted by Gasteiger charge is -2.30. The highest BCUT2D eigenvalue weighted by atomic mass is 32.2. The summed E-state index contributed by atoms with van der Waals surface area (Å²) in [5.41, 5.74) is 1.40. The predicted octanol–water partition coefficient (Wildman–Crippen LogP) is 1.42. The molecule has 2 aliphatic rings. The average molecular weight is 365 g/mol. The first-order chi connectivity index (χ1) is 11.8. The second kappa shape index (κ2) is 7.13. The minimum Gasteiger partial charge on any atom is -0.326 e. The summed E-state index contributed by atoms with van der Waals surface area (Å²) < 4.78 is 24.7. The predicted molar refractivity (Wildman–Crippen MR) is 95.8 cm³/mol. The standard InChI is InChI=1S/C17H23N3O4S/c1-25(23,24)19-9-3-5-13(12-19)17(22)18-14-6-2-7-15(11-14)20-10-4-8-16(20)21/h2,6-7,11,13H,3-5,8-10,12H2,1H3,(H,18,22). The largest absolute Gasteiger partial charge is 0.326 e. The lowest BCUT2D eigenvalue weighted by molar-refractivity contribution is -0.121. The van der Waals surface area contributed by atoms with Gasteiger partial charge in [-0.15, -0.1) is 0 Å². The molecule has 0 spiro atoms. The molecule has 3 rings (SSSR count). The van der Waals surface area contributed by atoms with Crippen molar-refractivity contribution in [3.8, 4) is 0 Å². The molecular weight excluding hydrogens is 342 g/mol. The zero-order valence-electron chi connectivity index (χ0n) is 14.3. The van der Waals surface area contributed by atoms with Gasteiger partial charge in [-0.25, -0.2) is 12.7 Å². The molecule has 0 aliphatic carbocycles. The van der Waals surface area contributed by atoms with Crippen molar-refractivity contribution in [2.75, 3.05) is 36.1 Å². The quantitative estimate of drug-likeness (QED) is 0.874. The Labute approximate surface area is 148 Å². The maximum atomic E-state index is 12.5. The number of piperidine rings is 1. The van der Waals surface area contributed by atoms with Gasteiger partial charge in [0.15, 0.2) is 0 Å². The maximum Gasteiger partial charge on any atom is 0.228 e. The van der Waals surface area contributed by atoms with Gasteiger partial charge >= 0.3 is 0 Å². The van der Waals surface area contributed by atoms with Gasteiger partial charge in [0.25, 0.3) is 0 Å². The van der Waals surface area contributed by atoms with Gasteiger partial charge in [-0.2, -0.15) is 0 Å². The molecule has 7 nitrogen and oxygen atoms in total. The van der Waals surface area contributed by atoms with Crippen LogP contribution >= 0.6 is 0 Å². The first kappa shape index (κ1) is 17.9. The van der Waals surface area contributed by atoms with Crippen LogP contribution in [0.1, 0.15) is 25.7 Å². The molecule has 0 radical (unpaired) electrons. The van der Waals surface area contributed by atoms with E-state index < -0.39 is 10.0 Å². The highest BCUT2D eigenvalue weighted by Gasteiger charge is 2.30. The van der Waals surface area contributed by atoms with E-state index in [0.29, 0.717) is 38.0 Å². The monoisotopic (exact) mass is 365 g/mol. The van der Waals surface area contributed by atoms with Crippen LogP contribution in [0, 0.1) is 5.92 Å². The molecule has 8 heteroatoms. The Morgan fingerprint density at radius 3 is 2.72 bits per heavy atom. The summed E-state index contributed by atoms with van der Waals surface area (Å²) in [6.45, 7) is 1.38. The summed E-state index contributed by atoms with van der Waals surface area (Å²) in [4.78, 5) is 26.1. The van der Waals surface area contributed by atoms with Gasteiger partial charge in [0.05, 0.1) is 12.2 Å². The molecule has 1 aromatic rings. The molecule has 25 heavy (non-hydrogen) atoms. The Kier molecular flexibility index (Phi) is 5.10. The fourth-order valence-electron chi connectivity index (χ4n) is 3.37. The van der Waals surface area contributed by atoms with Crippen LogP contribution in [-0.4, -0.2) is 50.4 Å². The topological polar surface area (TPSA) is 86.8 Å². The normalized spacial score (nSPS) is 22.2. The number of benzene rings is 1. The van der Waals surface area contributed by atoms with Gasteiger partial charge in [0.2, 0.25) is 21.8 Å². The SMILES string of the molecule is CS(=O)(=O)N1CCCC(C(=O)Nc2cccc(N3CCCC3=O)c2)C1. The summed E-state index contributed by atoms with van der Waals surface area (Å²) in [5.74, 6) is -0.446. The van der Waals surface area contributed by atoms with Crippen molar-refractivity contribution in [2.24, 2.45) is 5.92 Å². The van der Waals surface area contributed by atoms with Gasteiger partial charge in [-0.3, -0.25) is 9.59 Å². The number of carbonyl (C=O) groups excluding carboxylic acids is 2. The van der Waals surface area contributed by atoms with Gasteiger partial charge in [0, 0.05) is 37.4 Å². The molecule has 2 fully saturated rings. The molecule has 2 aliphatic heterocycles. The number of hydrogen-bond acceptors (Lipinski definition) is 4. The van der Waals surface area contributed by atoms with E-state index >= 15 is 0 Å². The van der Waals surface area contributed by atoms with E-state index in [-0.39, 0.29) is 24.3 Å². The van der Waals surface area contributed by atoms with Gasteiger partial charge in [-0.1, -0.05) is 6.07 Å². The van der Waals surface area contributed by atoms with Crippen molar-refractivity contribution < 1.29 is 18.0 Å². The molecule has 2 heterocycles. The van der Waals surface area contributed by atoms with Crippen LogP contribution in [0.4, 0.5) is 11.4 Å². The minimum absolute atomic E-state index is 0.0968. The van der Waals surface area contributed by atoms with Crippen molar-refractivity contribution in [2.45, 2.75) is 25.7 Å². The van der Waals surface area contributed by atoms with Crippen LogP contribution in [-0.2, 0) is 19.6 Å². The lowest BCUT2D eigenvalue weighted by atomic mass is 9.98. The Morgan fingerprint density at radius 1 is 1.24 bits per heavy atom. The number of rotatable bonds is 4. The third-order valence-corrected chi connectivity index (χ3v) is 5.99. The van der Waals surface area contributed by atoms with Crippen LogP contribution < -0.4 is 10.2 Å². The summed E-state index contributed by atoms with van der Waals surface area (Å²) >= 11 is 0. The molecule has 1 N–H and O–H groups in total. The van der Waals surface area contributed by atoms with E-state index in [9.17, 15) is 18.0 Å². The van der Waals surface area contributed by atoms with Gasteiger partial charge in [0.1, 0.15) is 0 Å². The van der Waals surface area contributed by atoms with Crippen molar-refractivity contribution in [3.63, 3.8) is 0 Å². The molecule has 2 amide bonds. The summed E-state index contributed by atoms with van der Waals surface area (Å²) in [6.07, 6.45) is 3.91. The number of sulfonamides is 1. The molecule has 2 saturated heterocycles. The van der Waals surface area contributed by atoms with Crippen molar-refractivity contribution >= 4 is 33.2 Å². The van der Waals surface area contributed by atoms with E-state index in [1.54, 1.807) is 23.1 Å². The molecule has 1 atom stereocenters. The summed E-state index contributed by atoms with van der Waals surface area (Å²) in [7, 11) is -3.28. The van der Waals surface area contributed by atoms with Gasteiger partial charge in [-0.05, 0) is 37.5 Å². The molecule has 0 aromatic heterocycles. The highest BCUT2D eigenvalue weighted by molar-refractivity contribution is 7.88. The van der Waals surface area contributed by atoms with Crippen LogP contribution in [0.3, 0.4) is 0 Å². The van der Waals surface area contributed by atoms with E-state index in [1.807, 2.05) is 6.07 Å². The van der Waals surface area contributed by atoms with Crippen LogP contribution in [0.25, 0.3) is 0 Å². The number of hydrogen-bond donors (Lipinski definition) is 1. The smallest absolute Gasteiger partial charge is 0.228 e. The van der Waals surface area contributed by atoms with E-state index in [2.05, 4.69) is 5.32 Å². The number of nitrogens with one attached hydrogen (secondary N) is 1. The van der Waals surface area contributed by atoms with Crippen molar-refractivity contribution in [1.29, 1.82) is 0 Å². The zero-order valence-corrected chi connectivity index (χ0v) is 15.1. The fourth-order valence-corrected chi connectivity index (χ4v) is 4.29. The number of nitrogens with zero attached hydrogens (tertiary/aromatic N) is 2. The summed E-state index contributed by atoms with van der Waals surface area (Å²) in [5, 5.41) is 2.86. The molecule has 0 saturated carbocycles. The number of anilines is 2. The third kappa shape index (κ3) is 4.19. The van der Waals surface area contributed by atoms with E-state index in [0.717, 1.165) is 12.1 Å². The Bertz CT molecular complexity index is 778. The minimum atomic E-state index is -3.28. The van der Waals surface area contributed by atoms with Gasteiger partial charge < -0.3 is 10.2 Å². The van der Waals surface area contributed by atoms with Crippen LogP contribution in [0.5, 0.6) is 0 Å². The molecule has 1 unspecified atom stereocenters. The molecular formula is C17H23N3O4S. The number of carbonyl (C=O) groups is 2. The average Bonchev–Trinajstić information content (AvgIpc) is 3.00. The Balaban J connectivity index is 1.68. The second-order valence-electron chi connectivity index (χ2n) is 6.65. The molecule has 0 bridgehead atoms. The lowest BCUT2D eigenvalue weighted by Crippen LogP contribution is -2.43. The number of amides is 2. The maximum absolute atomic E-state index is 12.5. The van der Waals surface area contributed by atoms with Crippen LogP contribution in [0.2, 0.25) is 0 Å². The molecule has 136 valence electrons. The van der Waals surface area contributed by atoms with Crippen molar-refractivity contribution in [3.05, 3.63) is 24.3 Å².